The number of rotatable bonds is 2. The van der Waals surface area contributed by atoms with Crippen LogP contribution in [0.15, 0.2) is 30.5 Å². The maximum absolute atomic E-state index is 8.76. The van der Waals surface area contributed by atoms with Gasteiger partial charge in [0, 0.05) is 6.20 Å². The zero-order chi connectivity index (χ0) is 13.2. The average molecular weight is 251 g/mol. The van der Waals surface area contributed by atoms with Crippen LogP contribution in [0.2, 0.25) is 0 Å². The van der Waals surface area contributed by atoms with Gasteiger partial charge in [0.2, 0.25) is 5.88 Å². The Morgan fingerprint density at radius 3 is 2.84 bits per heavy atom. The first-order valence-corrected chi connectivity index (χ1v) is 6.21. The summed E-state index contributed by atoms with van der Waals surface area (Å²) in [4.78, 5) is 4.07. The minimum atomic E-state index is 0.344. The van der Waals surface area contributed by atoms with E-state index >= 15 is 0 Å². The molecule has 0 radical (unpaired) electrons. The number of ether oxygens (including phenoxy) is 1. The molecule has 0 unspecified atom stereocenters. The molecule has 4 heteroatoms. The van der Waals surface area contributed by atoms with E-state index in [9.17, 15) is 0 Å². The van der Waals surface area contributed by atoms with Gasteiger partial charge in [0.15, 0.2) is 0 Å². The van der Waals surface area contributed by atoms with Crippen LogP contribution in [0.4, 0.5) is 5.69 Å². The van der Waals surface area contributed by atoms with Crippen LogP contribution >= 0.6 is 0 Å². The van der Waals surface area contributed by atoms with Crippen LogP contribution in [-0.2, 0) is 12.8 Å². The Kier molecular flexibility index (Phi) is 2.81. The number of nitrogens with two attached hydrogens (primary N) is 1. The Hall–Kier alpha value is -2.54. The molecule has 1 aromatic carbocycles. The Morgan fingerprint density at radius 1 is 1.21 bits per heavy atom. The van der Waals surface area contributed by atoms with Gasteiger partial charge in [0.05, 0.1) is 11.3 Å². The Morgan fingerprint density at radius 2 is 2.05 bits per heavy atom. The number of aryl methyl sites for hydroxylation is 2. The number of pyridine rings is 1. The maximum Gasteiger partial charge on any atom is 0.242 e. The SMILES string of the molecule is N#Cc1cnc(Oc2ccc3c(c2)CCC3)c(N)c1. The molecule has 0 saturated heterocycles. The molecule has 0 aliphatic heterocycles. The zero-order valence-corrected chi connectivity index (χ0v) is 10.4. The zero-order valence-electron chi connectivity index (χ0n) is 10.4. The van der Waals surface area contributed by atoms with E-state index in [4.69, 9.17) is 15.7 Å². The molecule has 0 atom stereocenters. The molecule has 3 rings (SSSR count). The minimum absolute atomic E-state index is 0.344. The van der Waals surface area contributed by atoms with Crippen molar-refractivity contribution in [3.8, 4) is 17.7 Å². The Bertz CT molecular complexity index is 674. The third kappa shape index (κ3) is 2.23. The number of hydrogen-bond donors (Lipinski definition) is 1. The fraction of sp³-hybridized carbons (Fsp3) is 0.200. The van der Waals surface area contributed by atoms with Crippen molar-refractivity contribution in [2.45, 2.75) is 19.3 Å². The molecule has 1 heterocycles. The standard InChI is InChI=1S/C15H13N3O/c16-8-10-6-14(17)15(18-9-10)19-13-5-4-11-2-1-3-12(11)7-13/h4-7,9H,1-3,17H2. The molecule has 2 N–H and O–H groups in total. The van der Waals surface area contributed by atoms with E-state index < -0.39 is 0 Å². The van der Waals surface area contributed by atoms with E-state index in [1.807, 2.05) is 18.2 Å². The molecule has 1 aliphatic rings. The first kappa shape index (κ1) is 11.5. The van der Waals surface area contributed by atoms with Gasteiger partial charge < -0.3 is 10.5 Å². The second-order valence-electron chi connectivity index (χ2n) is 4.62. The van der Waals surface area contributed by atoms with Gasteiger partial charge in [-0.2, -0.15) is 5.26 Å². The molecule has 1 aromatic heterocycles. The van der Waals surface area contributed by atoms with Crippen LogP contribution in [-0.4, -0.2) is 4.98 Å². The highest BCUT2D eigenvalue weighted by molar-refractivity contribution is 5.53. The van der Waals surface area contributed by atoms with Crippen LogP contribution in [0.5, 0.6) is 11.6 Å². The smallest absolute Gasteiger partial charge is 0.242 e. The fourth-order valence-electron chi connectivity index (χ4n) is 2.34. The lowest BCUT2D eigenvalue weighted by molar-refractivity contribution is 0.465. The molecular weight excluding hydrogens is 238 g/mol. The van der Waals surface area contributed by atoms with Gasteiger partial charge in [-0.15, -0.1) is 0 Å². The van der Waals surface area contributed by atoms with Gasteiger partial charge in [-0.05, 0) is 48.6 Å². The second-order valence-corrected chi connectivity index (χ2v) is 4.62. The summed E-state index contributed by atoms with van der Waals surface area (Å²) < 4.78 is 5.69. The van der Waals surface area contributed by atoms with Gasteiger partial charge in [0.1, 0.15) is 11.8 Å². The van der Waals surface area contributed by atoms with Gasteiger partial charge in [-0.3, -0.25) is 0 Å². The second kappa shape index (κ2) is 4.62. The predicted molar refractivity (Wildman–Crippen MR) is 71.9 cm³/mol. The Balaban J connectivity index is 1.87. The van der Waals surface area contributed by atoms with Crippen LogP contribution in [0.25, 0.3) is 0 Å². The number of hydrogen-bond acceptors (Lipinski definition) is 4. The fourth-order valence-corrected chi connectivity index (χ4v) is 2.34. The number of benzene rings is 1. The molecule has 0 saturated carbocycles. The van der Waals surface area contributed by atoms with E-state index in [0.717, 1.165) is 18.6 Å². The first-order valence-electron chi connectivity index (χ1n) is 6.21. The van der Waals surface area contributed by atoms with Crippen molar-refractivity contribution in [3.63, 3.8) is 0 Å². The number of anilines is 1. The average Bonchev–Trinajstić information content (AvgIpc) is 2.88. The Labute approximate surface area is 111 Å². The van der Waals surface area contributed by atoms with Crippen molar-refractivity contribution >= 4 is 5.69 Å². The largest absolute Gasteiger partial charge is 0.437 e. The van der Waals surface area contributed by atoms with E-state index in [-0.39, 0.29) is 0 Å². The first-order chi connectivity index (χ1) is 9.26. The van der Waals surface area contributed by atoms with E-state index in [0.29, 0.717) is 17.1 Å². The van der Waals surface area contributed by atoms with Crippen molar-refractivity contribution in [1.29, 1.82) is 5.26 Å². The summed E-state index contributed by atoms with van der Waals surface area (Å²) in [6.07, 6.45) is 4.91. The van der Waals surface area contributed by atoms with Gasteiger partial charge in [-0.25, -0.2) is 4.98 Å². The highest BCUT2D eigenvalue weighted by Crippen LogP contribution is 2.30. The molecule has 0 bridgehead atoms. The molecule has 0 amide bonds. The summed E-state index contributed by atoms with van der Waals surface area (Å²) in [5.74, 6) is 1.08. The highest BCUT2D eigenvalue weighted by atomic mass is 16.5. The van der Waals surface area contributed by atoms with Crippen molar-refractivity contribution < 1.29 is 4.74 Å². The normalized spacial score (nSPS) is 12.8. The molecule has 1 aliphatic carbocycles. The predicted octanol–water partition coefficient (Wildman–Crippen LogP) is 2.82. The number of nitrogen functional groups attached to an aromatic ring is 1. The number of nitriles is 1. The van der Waals surface area contributed by atoms with Crippen molar-refractivity contribution in [1.82, 2.24) is 4.98 Å². The van der Waals surface area contributed by atoms with Gasteiger partial charge in [-0.1, -0.05) is 6.07 Å². The van der Waals surface area contributed by atoms with Crippen LogP contribution < -0.4 is 10.5 Å². The van der Waals surface area contributed by atoms with Crippen LogP contribution in [0, 0.1) is 11.3 Å². The maximum atomic E-state index is 8.76. The number of aromatic nitrogens is 1. The summed E-state index contributed by atoms with van der Waals surface area (Å²) >= 11 is 0. The summed E-state index contributed by atoms with van der Waals surface area (Å²) in [7, 11) is 0. The highest BCUT2D eigenvalue weighted by Gasteiger charge is 2.12. The number of fused-ring (bicyclic) bond motifs is 1. The minimum Gasteiger partial charge on any atom is -0.437 e. The lowest BCUT2D eigenvalue weighted by atomic mass is 10.1. The summed E-state index contributed by atoms with van der Waals surface area (Å²) in [6, 6.07) is 9.63. The molecule has 4 nitrogen and oxygen atoms in total. The molecule has 0 spiro atoms. The van der Waals surface area contributed by atoms with E-state index in [1.165, 1.54) is 23.7 Å². The van der Waals surface area contributed by atoms with Crippen molar-refractivity contribution in [2.24, 2.45) is 0 Å². The molecule has 94 valence electrons. The van der Waals surface area contributed by atoms with Crippen LogP contribution in [0.3, 0.4) is 0 Å². The van der Waals surface area contributed by atoms with Gasteiger partial charge in [0.25, 0.3) is 0 Å². The monoisotopic (exact) mass is 251 g/mol. The van der Waals surface area contributed by atoms with Crippen molar-refractivity contribution in [3.05, 3.63) is 47.2 Å². The quantitative estimate of drug-likeness (QED) is 0.890. The molecule has 2 aromatic rings. The lowest BCUT2D eigenvalue weighted by Crippen LogP contribution is -1.96. The van der Waals surface area contributed by atoms with Gasteiger partial charge >= 0.3 is 0 Å². The van der Waals surface area contributed by atoms with E-state index in [1.54, 1.807) is 6.07 Å². The van der Waals surface area contributed by atoms with Crippen LogP contribution in [0.1, 0.15) is 23.1 Å². The van der Waals surface area contributed by atoms with Crippen molar-refractivity contribution in [2.75, 3.05) is 5.73 Å². The topological polar surface area (TPSA) is 71.9 Å². The molecular formula is C15H13N3O. The third-order valence-electron chi connectivity index (χ3n) is 3.29. The summed E-state index contributed by atoms with van der Waals surface area (Å²) in [5, 5.41) is 8.76. The molecule has 0 fully saturated rings. The third-order valence-corrected chi connectivity index (χ3v) is 3.29. The molecule has 19 heavy (non-hydrogen) atoms. The number of nitrogens with zero attached hydrogens (tertiary/aromatic N) is 2. The summed E-state index contributed by atoms with van der Waals surface area (Å²) in [6.45, 7) is 0. The summed E-state index contributed by atoms with van der Waals surface area (Å²) in [5.41, 5.74) is 9.36. The van der Waals surface area contributed by atoms with E-state index in [2.05, 4.69) is 11.1 Å². The lowest BCUT2D eigenvalue weighted by Gasteiger charge is -2.08.